The molecule has 0 spiro atoms. The van der Waals surface area contributed by atoms with E-state index in [9.17, 15) is 4.79 Å². The van der Waals surface area contributed by atoms with Crippen molar-refractivity contribution in [1.29, 1.82) is 0 Å². The molecule has 2 aromatic rings. The summed E-state index contributed by atoms with van der Waals surface area (Å²) in [4.78, 5) is 15.8. The molecule has 1 amide bonds. The minimum Gasteiger partial charge on any atom is -0.454 e. The summed E-state index contributed by atoms with van der Waals surface area (Å²) in [6.07, 6.45) is 0.555. The van der Waals surface area contributed by atoms with Crippen LogP contribution in [0.3, 0.4) is 0 Å². The lowest BCUT2D eigenvalue weighted by atomic mass is 9.99. The second-order valence-corrected chi connectivity index (χ2v) is 8.99. The average molecular weight is 407 g/mol. The van der Waals surface area contributed by atoms with Crippen molar-refractivity contribution >= 4 is 33.8 Å². The Bertz CT molecular complexity index is 943. The van der Waals surface area contributed by atoms with Crippen LogP contribution < -0.4 is 25.0 Å². The fourth-order valence-corrected chi connectivity index (χ4v) is 5.60. The SMILES string of the molecule is CC(C)[NH+]1CCc2c(sc3c2C(=O)N[C@@H](c2cc4c(cc2Cl)OCO4)N3)C1. The number of anilines is 1. The molecular weight excluding hydrogens is 386 g/mol. The van der Waals surface area contributed by atoms with E-state index in [0.29, 0.717) is 22.6 Å². The number of hydrogen-bond acceptors (Lipinski definition) is 5. The normalized spacial score (nSPS) is 22.9. The Morgan fingerprint density at radius 1 is 1.26 bits per heavy atom. The molecule has 0 saturated carbocycles. The second kappa shape index (κ2) is 6.29. The quantitative estimate of drug-likeness (QED) is 0.716. The third kappa shape index (κ3) is 2.76. The number of carbonyl (C=O) groups excluding carboxylic acids is 1. The van der Waals surface area contributed by atoms with Crippen LogP contribution in [0, 0.1) is 0 Å². The van der Waals surface area contributed by atoms with Gasteiger partial charge in [-0.1, -0.05) is 11.6 Å². The van der Waals surface area contributed by atoms with E-state index in [2.05, 4.69) is 24.5 Å². The molecule has 2 atom stereocenters. The molecule has 8 heteroatoms. The minimum absolute atomic E-state index is 0.0343. The van der Waals surface area contributed by atoms with Gasteiger partial charge in [0.2, 0.25) is 6.79 Å². The van der Waals surface area contributed by atoms with Crippen LogP contribution in [0.2, 0.25) is 5.02 Å². The van der Waals surface area contributed by atoms with Crippen LogP contribution in [-0.4, -0.2) is 25.3 Å². The maximum Gasteiger partial charge on any atom is 0.256 e. The standard InChI is InChI=1S/C19H20ClN3O3S/c1-9(2)23-4-3-10-15(7-23)27-19-16(10)18(24)21-17(22-19)11-5-13-14(6-12(11)20)26-8-25-13/h5-6,9,17,22H,3-4,7-8H2,1-2H3,(H,21,24)/p+1/t17-/m1/s1. The Hall–Kier alpha value is -1.96. The van der Waals surface area contributed by atoms with Crippen molar-refractivity contribution in [3.05, 3.63) is 38.7 Å². The van der Waals surface area contributed by atoms with Gasteiger partial charge in [-0.15, -0.1) is 11.3 Å². The summed E-state index contributed by atoms with van der Waals surface area (Å²) in [6.45, 7) is 6.73. The summed E-state index contributed by atoms with van der Waals surface area (Å²) in [7, 11) is 0. The van der Waals surface area contributed by atoms with E-state index < -0.39 is 0 Å². The highest BCUT2D eigenvalue weighted by molar-refractivity contribution is 7.16. The number of hydrogen-bond donors (Lipinski definition) is 3. The van der Waals surface area contributed by atoms with Gasteiger partial charge in [0.15, 0.2) is 11.5 Å². The lowest BCUT2D eigenvalue weighted by Gasteiger charge is -2.29. The average Bonchev–Trinajstić information content (AvgIpc) is 3.23. The molecule has 27 heavy (non-hydrogen) atoms. The highest BCUT2D eigenvalue weighted by Crippen LogP contribution is 2.43. The lowest BCUT2D eigenvalue weighted by molar-refractivity contribution is -0.936. The molecule has 0 fully saturated rings. The van der Waals surface area contributed by atoms with Gasteiger partial charge in [0, 0.05) is 18.1 Å². The summed E-state index contributed by atoms with van der Waals surface area (Å²) in [6, 6.07) is 4.16. The molecule has 1 unspecified atom stereocenters. The molecular formula is C19H21ClN3O3S+. The zero-order chi connectivity index (χ0) is 18.7. The maximum atomic E-state index is 12.9. The molecule has 142 valence electrons. The number of fused-ring (bicyclic) bond motifs is 4. The molecule has 3 aliphatic rings. The van der Waals surface area contributed by atoms with E-state index in [1.165, 1.54) is 10.4 Å². The number of amides is 1. The van der Waals surface area contributed by atoms with E-state index in [1.54, 1.807) is 22.3 Å². The maximum absolute atomic E-state index is 12.9. The Morgan fingerprint density at radius 3 is 2.81 bits per heavy atom. The first-order valence-electron chi connectivity index (χ1n) is 9.17. The van der Waals surface area contributed by atoms with Crippen LogP contribution in [0.1, 0.15) is 46.4 Å². The van der Waals surface area contributed by atoms with Crippen LogP contribution in [0.5, 0.6) is 11.5 Å². The van der Waals surface area contributed by atoms with Gasteiger partial charge >= 0.3 is 0 Å². The molecule has 6 nitrogen and oxygen atoms in total. The number of ether oxygens (including phenoxy) is 2. The molecule has 1 aromatic carbocycles. The zero-order valence-electron chi connectivity index (χ0n) is 15.1. The molecule has 3 aliphatic heterocycles. The number of carbonyl (C=O) groups is 1. The van der Waals surface area contributed by atoms with Gasteiger partial charge in [-0.3, -0.25) is 4.79 Å². The molecule has 0 radical (unpaired) electrons. The summed E-state index contributed by atoms with van der Waals surface area (Å²) in [5.41, 5.74) is 2.80. The topological polar surface area (TPSA) is 64.0 Å². The van der Waals surface area contributed by atoms with E-state index in [4.69, 9.17) is 21.1 Å². The van der Waals surface area contributed by atoms with Gasteiger partial charge in [-0.05, 0) is 25.5 Å². The van der Waals surface area contributed by atoms with Crippen LogP contribution in [0.15, 0.2) is 12.1 Å². The third-order valence-electron chi connectivity index (χ3n) is 5.57. The van der Waals surface area contributed by atoms with Gasteiger partial charge in [0.1, 0.15) is 17.7 Å². The number of nitrogens with one attached hydrogen (secondary N) is 3. The van der Waals surface area contributed by atoms with Crippen molar-refractivity contribution in [2.24, 2.45) is 0 Å². The van der Waals surface area contributed by atoms with Crippen LogP contribution >= 0.6 is 22.9 Å². The summed E-state index contributed by atoms with van der Waals surface area (Å²) in [5.74, 6) is 1.25. The first kappa shape index (κ1) is 17.2. The number of rotatable bonds is 2. The first-order chi connectivity index (χ1) is 13.0. The van der Waals surface area contributed by atoms with Gasteiger partial charge in [0.05, 0.1) is 28.0 Å². The van der Waals surface area contributed by atoms with Crippen molar-refractivity contribution in [1.82, 2.24) is 5.32 Å². The van der Waals surface area contributed by atoms with Gasteiger partial charge in [-0.25, -0.2) is 0 Å². The summed E-state index contributed by atoms with van der Waals surface area (Å²) >= 11 is 8.14. The minimum atomic E-state index is -0.388. The molecule has 0 saturated heterocycles. The lowest BCUT2D eigenvalue weighted by Crippen LogP contribution is -3.14. The summed E-state index contributed by atoms with van der Waals surface area (Å²) < 4.78 is 10.8. The Kier molecular flexibility index (Phi) is 4.00. The van der Waals surface area contributed by atoms with Gasteiger partial charge in [-0.2, -0.15) is 0 Å². The molecule has 1 aromatic heterocycles. The van der Waals surface area contributed by atoms with E-state index in [1.807, 2.05) is 6.07 Å². The van der Waals surface area contributed by atoms with E-state index >= 15 is 0 Å². The molecule has 3 N–H and O–H groups in total. The number of halogens is 1. The molecule has 0 bridgehead atoms. The first-order valence-corrected chi connectivity index (χ1v) is 10.4. The van der Waals surface area contributed by atoms with Gasteiger partial charge in [0.25, 0.3) is 5.91 Å². The number of quaternary nitrogens is 1. The van der Waals surface area contributed by atoms with Crippen LogP contribution in [0.25, 0.3) is 0 Å². The Balaban J connectivity index is 1.48. The smallest absolute Gasteiger partial charge is 0.256 e. The fourth-order valence-electron chi connectivity index (χ4n) is 4.01. The Labute approximate surface area is 166 Å². The van der Waals surface area contributed by atoms with Crippen molar-refractivity contribution in [2.45, 2.75) is 39.0 Å². The van der Waals surface area contributed by atoms with E-state index in [-0.39, 0.29) is 18.9 Å². The molecule has 4 heterocycles. The number of thiophene rings is 1. The van der Waals surface area contributed by atoms with E-state index in [0.717, 1.165) is 35.6 Å². The van der Waals surface area contributed by atoms with Crippen molar-refractivity contribution in [3.63, 3.8) is 0 Å². The predicted octanol–water partition coefficient (Wildman–Crippen LogP) is 2.33. The predicted molar refractivity (Wildman–Crippen MR) is 104 cm³/mol. The van der Waals surface area contributed by atoms with Gasteiger partial charge < -0.3 is 25.0 Å². The van der Waals surface area contributed by atoms with Crippen LogP contribution in [-0.2, 0) is 13.0 Å². The van der Waals surface area contributed by atoms with Crippen molar-refractivity contribution < 1.29 is 19.2 Å². The van der Waals surface area contributed by atoms with Crippen molar-refractivity contribution in [3.8, 4) is 11.5 Å². The zero-order valence-corrected chi connectivity index (χ0v) is 16.7. The highest BCUT2D eigenvalue weighted by Gasteiger charge is 2.36. The fraction of sp³-hybridized carbons (Fsp3) is 0.421. The largest absolute Gasteiger partial charge is 0.454 e. The monoisotopic (exact) mass is 406 g/mol. The van der Waals surface area contributed by atoms with Crippen molar-refractivity contribution in [2.75, 3.05) is 18.7 Å². The number of benzene rings is 1. The van der Waals surface area contributed by atoms with Crippen LogP contribution in [0.4, 0.5) is 5.00 Å². The second-order valence-electron chi connectivity index (χ2n) is 7.48. The molecule has 0 aliphatic carbocycles. The molecule has 5 rings (SSSR count). The summed E-state index contributed by atoms with van der Waals surface area (Å²) in [5, 5.41) is 8.01. The highest BCUT2D eigenvalue weighted by atomic mass is 35.5. The Morgan fingerprint density at radius 2 is 2.04 bits per heavy atom. The third-order valence-corrected chi connectivity index (χ3v) is 7.06.